The van der Waals surface area contributed by atoms with E-state index in [2.05, 4.69) is 45.0 Å². The van der Waals surface area contributed by atoms with Gasteiger partial charge in [-0.25, -0.2) is 0 Å². The van der Waals surface area contributed by atoms with Gasteiger partial charge in [-0.05, 0) is 51.6 Å². The van der Waals surface area contributed by atoms with E-state index in [0.717, 1.165) is 19.6 Å². The lowest BCUT2D eigenvalue weighted by Gasteiger charge is -2.41. The summed E-state index contributed by atoms with van der Waals surface area (Å²) in [5.41, 5.74) is 0.295. The van der Waals surface area contributed by atoms with E-state index >= 15 is 0 Å². The predicted molar refractivity (Wildman–Crippen MR) is 82.4 cm³/mol. The van der Waals surface area contributed by atoms with Crippen molar-refractivity contribution in [3.63, 3.8) is 0 Å². The number of aliphatic hydroxyl groups is 1. The maximum atomic E-state index is 9.51. The van der Waals surface area contributed by atoms with Crippen molar-refractivity contribution >= 4 is 0 Å². The molecule has 0 unspecified atom stereocenters. The zero-order chi connectivity index (χ0) is 14.5. The molecule has 0 spiro atoms. The smallest absolute Gasteiger partial charge is 0.0609 e. The third kappa shape index (κ3) is 5.05. The van der Waals surface area contributed by atoms with Crippen LogP contribution in [0, 0.1) is 11.3 Å². The summed E-state index contributed by atoms with van der Waals surface area (Å²) in [6.07, 6.45) is 5.36. The molecule has 0 heterocycles. The summed E-state index contributed by atoms with van der Waals surface area (Å²) in [7, 11) is 2.15. The Morgan fingerprint density at radius 1 is 1.26 bits per heavy atom. The van der Waals surface area contributed by atoms with E-state index in [1.165, 1.54) is 25.7 Å². The monoisotopic (exact) mass is 270 g/mol. The van der Waals surface area contributed by atoms with Crippen molar-refractivity contribution in [2.24, 2.45) is 11.3 Å². The Labute approximate surface area is 119 Å². The molecular formula is C16H34N2O. The maximum absolute atomic E-state index is 9.51. The summed E-state index contributed by atoms with van der Waals surface area (Å²) in [5.74, 6) is 0.713. The highest BCUT2D eigenvalue weighted by Crippen LogP contribution is 2.39. The quantitative estimate of drug-likeness (QED) is 0.711. The molecule has 0 saturated heterocycles. The second kappa shape index (κ2) is 7.05. The Morgan fingerprint density at radius 2 is 1.84 bits per heavy atom. The Kier molecular flexibility index (Phi) is 6.28. The first-order chi connectivity index (χ1) is 8.81. The van der Waals surface area contributed by atoms with E-state index < -0.39 is 0 Å². The zero-order valence-corrected chi connectivity index (χ0v) is 13.6. The van der Waals surface area contributed by atoms with Gasteiger partial charge in [0.1, 0.15) is 0 Å². The van der Waals surface area contributed by atoms with E-state index in [1.807, 2.05) is 0 Å². The average molecular weight is 270 g/mol. The van der Waals surface area contributed by atoms with Crippen LogP contribution in [0.25, 0.3) is 0 Å². The number of hydrogen-bond acceptors (Lipinski definition) is 3. The molecule has 0 aromatic rings. The largest absolute Gasteiger partial charge is 0.394 e. The van der Waals surface area contributed by atoms with Crippen molar-refractivity contribution in [3.8, 4) is 0 Å². The van der Waals surface area contributed by atoms with Gasteiger partial charge < -0.3 is 10.4 Å². The molecular weight excluding hydrogens is 236 g/mol. The van der Waals surface area contributed by atoms with Gasteiger partial charge in [-0.3, -0.25) is 4.90 Å². The molecule has 1 aliphatic rings. The molecule has 0 bridgehead atoms. The van der Waals surface area contributed by atoms with Crippen LogP contribution in [0.1, 0.15) is 53.4 Å². The second-order valence-corrected chi connectivity index (χ2v) is 7.56. The molecule has 0 radical (unpaired) electrons. The summed E-state index contributed by atoms with van der Waals surface area (Å²) in [6, 6.07) is 0. The minimum Gasteiger partial charge on any atom is -0.394 e. The lowest BCUT2D eigenvalue weighted by atomic mass is 9.84. The Hall–Kier alpha value is -0.120. The van der Waals surface area contributed by atoms with Crippen LogP contribution in [0.5, 0.6) is 0 Å². The Morgan fingerprint density at radius 3 is 2.32 bits per heavy atom. The zero-order valence-electron chi connectivity index (χ0n) is 13.6. The van der Waals surface area contributed by atoms with Crippen LogP contribution < -0.4 is 5.32 Å². The number of rotatable bonds is 8. The normalized spacial score (nSPS) is 19.6. The van der Waals surface area contributed by atoms with Gasteiger partial charge in [0.2, 0.25) is 0 Å². The fraction of sp³-hybridized carbons (Fsp3) is 1.00. The fourth-order valence-electron chi connectivity index (χ4n) is 2.98. The van der Waals surface area contributed by atoms with Gasteiger partial charge in [0, 0.05) is 18.6 Å². The SMILES string of the molecule is CC(C)CNCC1(CN(C)C(C)(C)CO)CCCC1. The molecule has 0 aromatic carbocycles. The number of aliphatic hydroxyl groups excluding tert-OH is 1. The molecule has 0 aromatic heterocycles. The van der Waals surface area contributed by atoms with Gasteiger partial charge in [-0.15, -0.1) is 0 Å². The first kappa shape index (κ1) is 16.9. The molecule has 3 heteroatoms. The lowest BCUT2D eigenvalue weighted by molar-refractivity contribution is 0.0414. The molecule has 0 aliphatic heterocycles. The van der Waals surface area contributed by atoms with Crippen molar-refractivity contribution in [2.45, 2.75) is 58.9 Å². The predicted octanol–water partition coefficient (Wildman–Crippen LogP) is 2.50. The fourth-order valence-corrected chi connectivity index (χ4v) is 2.98. The molecule has 0 amide bonds. The first-order valence-corrected chi connectivity index (χ1v) is 7.84. The molecule has 1 rings (SSSR count). The topological polar surface area (TPSA) is 35.5 Å². The number of nitrogens with zero attached hydrogens (tertiary/aromatic N) is 1. The van der Waals surface area contributed by atoms with E-state index in [-0.39, 0.29) is 12.1 Å². The van der Waals surface area contributed by atoms with Crippen LogP contribution in [0.15, 0.2) is 0 Å². The summed E-state index contributed by atoms with van der Waals surface area (Å²) >= 11 is 0. The standard InChI is InChI=1S/C16H34N2O/c1-14(2)10-17-11-16(8-6-7-9-16)12-18(5)15(3,4)13-19/h14,17,19H,6-13H2,1-5H3. The van der Waals surface area contributed by atoms with E-state index in [4.69, 9.17) is 0 Å². The molecule has 2 N–H and O–H groups in total. The van der Waals surface area contributed by atoms with Crippen molar-refractivity contribution in [3.05, 3.63) is 0 Å². The average Bonchev–Trinajstić information content (AvgIpc) is 2.77. The van der Waals surface area contributed by atoms with Gasteiger partial charge in [0.05, 0.1) is 6.61 Å². The molecule has 1 aliphatic carbocycles. The first-order valence-electron chi connectivity index (χ1n) is 7.84. The lowest BCUT2D eigenvalue weighted by Crippen LogP contribution is -2.51. The molecule has 19 heavy (non-hydrogen) atoms. The molecule has 0 atom stereocenters. The summed E-state index contributed by atoms with van der Waals surface area (Å²) in [5, 5.41) is 13.2. The van der Waals surface area contributed by atoms with Gasteiger partial charge in [0.15, 0.2) is 0 Å². The van der Waals surface area contributed by atoms with Gasteiger partial charge >= 0.3 is 0 Å². The van der Waals surface area contributed by atoms with Crippen molar-refractivity contribution in [2.75, 3.05) is 33.3 Å². The Balaban J connectivity index is 2.56. The van der Waals surface area contributed by atoms with Crippen LogP contribution >= 0.6 is 0 Å². The minimum atomic E-state index is -0.117. The molecule has 1 saturated carbocycles. The van der Waals surface area contributed by atoms with Gasteiger partial charge in [-0.1, -0.05) is 26.7 Å². The number of hydrogen-bond donors (Lipinski definition) is 2. The number of likely N-dealkylation sites (N-methyl/N-ethyl adjacent to an activating group) is 1. The van der Waals surface area contributed by atoms with Crippen molar-refractivity contribution in [1.29, 1.82) is 0 Å². The van der Waals surface area contributed by atoms with Crippen molar-refractivity contribution in [1.82, 2.24) is 10.2 Å². The van der Waals surface area contributed by atoms with Gasteiger partial charge in [-0.2, -0.15) is 0 Å². The summed E-state index contributed by atoms with van der Waals surface area (Å²) in [6.45, 7) is 12.3. The van der Waals surface area contributed by atoms with Crippen LogP contribution in [0.3, 0.4) is 0 Å². The highest BCUT2D eigenvalue weighted by molar-refractivity contribution is 4.92. The van der Waals surface area contributed by atoms with E-state index in [1.54, 1.807) is 0 Å². The maximum Gasteiger partial charge on any atom is 0.0609 e. The van der Waals surface area contributed by atoms with Crippen molar-refractivity contribution < 1.29 is 5.11 Å². The summed E-state index contributed by atoms with van der Waals surface area (Å²) in [4.78, 5) is 2.34. The van der Waals surface area contributed by atoms with E-state index in [0.29, 0.717) is 11.3 Å². The minimum absolute atomic E-state index is 0.117. The molecule has 1 fully saturated rings. The van der Waals surface area contributed by atoms with Crippen LogP contribution in [0.2, 0.25) is 0 Å². The van der Waals surface area contributed by atoms with Crippen LogP contribution in [-0.4, -0.2) is 48.8 Å². The van der Waals surface area contributed by atoms with Crippen LogP contribution in [-0.2, 0) is 0 Å². The third-order valence-corrected chi connectivity index (χ3v) is 4.71. The highest BCUT2D eigenvalue weighted by Gasteiger charge is 2.37. The third-order valence-electron chi connectivity index (χ3n) is 4.71. The molecule has 114 valence electrons. The van der Waals surface area contributed by atoms with Crippen LogP contribution in [0.4, 0.5) is 0 Å². The van der Waals surface area contributed by atoms with E-state index in [9.17, 15) is 5.11 Å². The Bertz CT molecular complexity index is 257. The number of nitrogens with one attached hydrogen (secondary N) is 1. The molecule has 3 nitrogen and oxygen atoms in total. The summed E-state index contributed by atoms with van der Waals surface area (Å²) < 4.78 is 0. The second-order valence-electron chi connectivity index (χ2n) is 7.56. The highest BCUT2D eigenvalue weighted by atomic mass is 16.3. The van der Waals surface area contributed by atoms with Gasteiger partial charge in [0.25, 0.3) is 0 Å².